The van der Waals surface area contributed by atoms with E-state index in [9.17, 15) is 4.79 Å². The van der Waals surface area contributed by atoms with Gasteiger partial charge in [-0.05, 0) is 35.0 Å². The van der Waals surface area contributed by atoms with E-state index in [0.29, 0.717) is 20.9 Å². The number of anilines is 1. The molecule has 0 fully saturated rings. The average molecular weight is 308 g/mol. The van der Waals surface area contributed by atoms with Gasteiger partial charge in [0.1, 0.15) is 0 Å². The monoisotopic (exact) mass is 306 g/mol. The Morgan fingerprint density at radius 3 is 2.75 bits per heavy atom. The van der Waals surface area contributed by atoms with Crippen LogP contribution < -0.4 is 15.8 Å². The van der Waals surface area contributed by atoms with Crippen molar-refractivity contribution in [1.82, 2.24) is 5.32 Å². The van der Waals surface area contributed by atoms with Crippen molar-refractivity contribution < 1.29 is 9.53 Å². The Balaban J connectivity index is 2.93. The van der Waals surface area contributed by atoms with Gasteiger partial charge in [0.05, 0.1) is 10.2 Å². The van der Waals surface area contributed by atoms with Crippen LogP contribution in [0, 0.1) is 0 Å². The summed E-state index contributed by atoms with van der Waals surface area (Å²) in [6.45, 7) is 1.64. The molecule has 3 N–H and O–H groups in total. The molecule has 1 aromatic rings. The van der Waals surface area contributed by atoms with E-state index in [0.717, 1.165) is 0 Å². The summed E-state index contributed by atoms with van der Waals surface area (Å²) in [4.78, 5) is 11.3. The maximum absolute atomic E-state index is 11.3. The zero-order valence-electron chi connectivity index (χ0n) is 8.88. The highest BCUT2D eigenvalue weighted by molar-refractivity contribution is 9.10. The maximum Gasteiger partial charge on any atom is 0.260 e. The van der Waals surface area contributed by atoms with Crippen molar-refractivity contribution in [1.29, 1.82) is 0 Å². The van der Waals surface area contributed by atoms with Gasteiger partial charge in [-0.2, -0.15) is 0 Å². The molecule has 0 spiro atoms. The fourth-order valence-corrected chi connectivity index (χ4v) is 2.07. The third-order valence-corrected chi connectivity index (χ3v) is 2.75. The maximum atomic E-state index is 11.3. The number of ether oxygens (including phenoxy) is 1. The van der Waals surface area contributed by atoms with Crippen molar-refractivity contribution >= 4 is 39.1 Å². The van der Waals surface area contributed by atoms with Gasteiger partial charge in [0.15, 0.2) is 11.9 Å². The highest BCUT2D eigenvalue weighted by Crippen LogP contribution is 2.35. The highest BCUT2D eigenvalue weighted by atomic mass is 79.9. The fraction of sp³-hybridized carbons (Fsp3) is 0.300. The lowest BCUT2D eigenvalue weighted by Crippen LogP contribution is -2.33. The summed E-state index contributed by atoms with van der Waals surface area (Å²) >= 11 is 9.08. The van der Waals surface area contributed by atoms with Gasteiger partial charge in [0.2, 0.25) is 0 Å². The van der Waals surface area contributed by atoms with E-state index in [-0.39, 0.29) is 5.91 Å². The number of hydrogen-bond donors (Lipinski definition) is 2. The molecule has 88 valence electrons. The van der Waals surface area contributed by atoms with E-state index in [2.05, 4.69) is 21.2 Å². The van der Waals surface area contributed by atoms with Gasteiger partial charge in [0.25, 0.3) is 5.91 Å². The van der Waals surface area contributed by atoms with Crippen LogP contribution in [0.3, 0.4) is 0 Å². The van der Waals surface area contributed by atoms with Crippen LogP contribution in [-0.2, 0) is 4.79 Å². The molecule has 16 heavy (non-hydrogen) atoms. The number of nitrogens with two attached hydrogens (primary N) is 1. The summed E-state index contributed by atoms with van der Waals surface area (Å²) in [6.07, 6.45) is -0.621. The molecule has 0 aromatic heterocycles. The number of likely N-dealkylation sites (N-methyl/N-ethyl adjacent to an activating group) is 1. The lowest BCUT2D eigenvalue weighted by molar-refractivity contribution is -0.126. The quantitative estimate of drug-likeness (QED) is 0.841. The van der Waals surface area contributed by atoms with E-state index >= 15 is 0 Å². The van der Waals surface area contributed by atoms with Crippen LogP contribution in [-0.4, -0.2) is 19.1 Å². The minimum atomic E-state index is -0.621. The topological polar surface area (TPSA) is 64.3 Å². The van der Waals surface area contributed by atoms with Gasteiger partial charge in [-0.3, -0.25) is 4.79 Å². The number of hydrogen-bond acceptors (Lipinski definition) is 3. The van der Waals surface area contributed by atoms with E-state index in [1.807, 2.05) is 0 Å². The molecular formula is C10H12BrClN2O2. The fourth-order valence-electron chi connectivity index (χ4n) is 1.14. The molecule has 0 aliphatic carbocycles. The van der Waals surface area contributed by atoms with Crippen LogP contribution in [0.25, 0.3) is 0 Å². The number of nitrogens with one attached hydrogen (secondary N) is 1. The minimum absolute atomic E-state index is 0.221. The van der Waals surface area contributed by atoms with Crippen molar-refractivity contribution in [3.05, 3.63) is 21.6 Å². The molecule has 0 radical (unpaired) electrons. The first-order valence-corrected chi connectivity index (χ1v) is 5.75. The molecule has 0 aliphatic rings. The highest BCUT2D eigenvalue weighted by Gasteiger charge is 2.16. The summed E-state index contributed by atoms with van der Waals surface area (Å²) in [6, 6.07) is 3.22. The van der Waals surface area contributed by atoms with Gasteiger partial charge in [-0.25, -0.2) is 0 Å². The zero-order valence-corrected chi connectivity index (χ0v) is 11.2. The molecule has 1 atom stereocenters. The second kappa shape index (κ2) is 5.41. The van der Waals surface area contributed by atoms with E-state index in [1.54, 1.807) is 26.1 Å². The lowest BCUT2D eigenvalue weighted by Gasteiger charge is -2.16. The largest absolute Gasteiger partial charge is 0.478 e. The molecule has 4 nitrogen and oxygen atoms in total. The van der Waals surface area contributed by atoms with Crippen molar-refractivity contribution in [3.63, 3.8) is 0 Å². The molecular weight excluding hydrogens is 295 g/mol. The lowest BCUT2D eigenvalue weighted by atomic mass is 10.3. The van der Waals surface area contributed by atoms with Gasteiger partial charge in [-0.15, -0.1) is 0 Å². The van der Waals surface area contributed by atoms with E-state index in [4.69, 9.17) is 22.1 Å². The molecule has 1 unspecified atom stereocenters. The third-order valence-electron chi connectivity index (χ3n) is 1.95. The van der Waals surface area contributed by atoms with Crippen LogP contribution in [0.15, 0.2) is 16.6 Å². The number of carbonyl (C=O) groups excluding carboxylic acids is 1. The van der Waals surface area contributed by atoms with Crippen molar-refractivity contribution in [2.75, 3.05) is 12.8 Å². The Morgan fingerprint density at radius 1 is 1.62 bits per heavy atom. The predicted octanol–water partition coefficient (Wildman–Crippen LogP) is 2.20. The smallest absolute Gasteiger partial charge is 0.260 e. The Morgan fingerprint density at radius 2 is 2.25 bits per heavy atom. The van der Waals surface area contributed by atoms with Crippen LogP contribution in [0.4, 0.5) is 5.69 Å². The van der Waals surface area contributed by atoms with Crippen LogP contribution in [0.2, 0.25) is 5.02 Å². The Kier molecular flexibility index (Phi) is 4.44. The second-order valence-corrected chi connectivity index (χ2v) is 4.47. The first-order chi connectivity index (χ1) is 7.45. The van der Waals surface area contributed by atoms with Gasteiger partial charge >= 0.3 is 0 Å². The second-order valence-electron chi connectivity index (χ2n) is 3.18. The standard InChI is InChI=1S/C10H12BrClN2O2/c1-5(10(15)14-2)16-9-7(11)3-6(12)4-8(9)13/h3-5H,13H2,1-2H3,(H,14,15). The molecule has 0 heterocycles. The number of halogens is 2. The summed E-state index contributed by atoms with van der Waals surface area (Å²) in [5, 5.41) is 2.99. The molecule has 6 heteroatoms. The summed E-state index contributed by atoms with van der Waals surface area (Å²) in [5.41, 5.74) is 6.13. The van der Waals surface area contributed by atoms with Crippen molar-refractivity contribution in [2.45, 2.75) is 13.0 Å². The molecule has 0 bridgehead atoms. The summed E-state index contributed by atoms with van der Waals surface area (Å²) in [5.74, 6) is 0.196. The number of amides is 1. The molecule has 1 rings (SSSR count). The molecule has 0 saturated heterocycles. The average Bonchev–Trinajstić information content (AvgIpc) is 2.21. The molecule has 1 amide bonds. The van der Waals surface area contributed by atoms with Crippen molar-refractivity contribution in [2.24, 2.45) is 0 Å². The minimum Gasteiger partial charge on any atom is -0.478 e. The van der Waals surface area contributed by atoms with Gasteiger partial charge in [-0.1, -0.05) is 11.6 Å². The SMILES string of the molecule is CNC(=O)C(C)Oc1c(N)cc(Cl)cc1Br. The van der Waals surface area contributed by atoms with Gasteiger partial charge in [0, 0.05) is 12.1 Å². The number of rotatable bonds is 3. The van der Waals surface area contributed by atoms with Crippen LogP contribution >= 0.6 is 27.5 Å². The van der Waals surface area contributed by atoms with Crippen LogP contribution in [0.5, 0.6) is 5.75 Å². The van der Waals surface area contributed by atoms with E-state index < -0.39 is 6.10 Å². The summed E-state index contributed by atoms with van der Waals surface area (Å²) in [7, 11) is 1.54. The molecule has 0 saturated carbocycles. The van der Waals surface area contributed by atoms with Crippen LogP contribution in [0.1, 0.15) is 6.92 Å². The molecule has 0 aliphatic heterocycles. The number of nitrogen functional groups attached to an aromatic ring is 1. The van der Waals surface area contributed by atoms with Crippen molar-refractivity contribution in [3.8, 4) is 5.75 Å². The Labute approximate surface area is 107 Å². The number of carbonyl (C=O) groups is 1. The third kappa shape index (κ3) is 3.02. The van der Waals surface area contributed by atoms with E-state index in [1.165, 1.54) is 0 Å². The Hall–Kier alpha value is -0.940. The first-order valence-electron chi connectivity index (χ1n) is 4.58. The first kappa shape index (κ1) is 13.1. The predicted molar refractivity (Wildman–Crippen MR) is 67.7 cm³/mol. The normalized spacial score (nSPS) is 12.0. The summed E-state index contributed by atoms with van der Waals surface area (Å²) < 4.78 is 6.06. The zero-order chi connectivity index (χ0) is 12.3. The van der Waals surface area contributed by atoms with Gasteiger partial charge < -0.3 is 15.8 Å². The number of benzene rings is 1. The molecule has 1 aromatic carbocycles. The Bertz CT molecular complexity index is 389.